The first-order valence-corrected chi connectivity index (χ1v) is 7.04. The molecular weight excluding hydrogens is 198 g/mol. The molecular formula is C14H25NO. The highest BCUT2D eigenvalue weighted by atomic mass is 16.5. The van der Waals surface area contributed by atoms with Crippen LogP contribution in [0.5, 0.6) is 0 Å². The highest BCUT2D eigenvalue weighted by molar-refractivity contribution is 5.11. The molecule has 0 radical (unpaired) electrons. The third kappa shape index (κ3) is 1.62. The molecule has 3 aliphatic rings. The van der Waals surface area contributed by atoms with E-state index in [0.717, 1.165) is 18.4 Å². The number of rotatable bonds is 4. The number of ether oxygens (including phenoxy) is 1. The minimum atomic E-state index is 0.362. The maximum atomic E-state index is 5.82. The molecule has 0 aromatic heterocycles. The Balaban J connectivity index is 1.47. The summed E-state index contributed by atoms with van der Waals surface area (Å²) in [5.41, 5.74) is 0.362. The van der Waals surface area contributed by atoms with Crippen LogP contribution in [0.2, 0.25) is 0 Å². The van der Waals surface area contributed by atoms with Crippen LogP contribution < -0.4 is 5.32 Å². The van der Waals surface area contributed by atoms with Crippen LogP contribution in [-0.4, -0.2) is 25.3 Å². The number of fused-ring (bicyclic) bond motifs is 1. The molecule has 0 bridgehead atoms. The van der Waals surface area contributed by atoms with E-state index in [0.29, 0.717) is 17.6 Å². The van der Waals surface area contributed by atoms with E-state index in [2.05, 4.69) is 19.2 Å². The molecule has 0 spiro atoms. The predicted molar refractivity (Wildman–Crippen MR) is 65.4 cm³/mol. The van der Waals surface area contributed by atoms with E-state index in [1.165, 1.54) is 38.6 Å². The summed E-state index contributed by atoms with van der Waals surface area (Å²) < 4.78 is 5.82. The summed E-state index contributed by atoms with van der Waals surface area (Å²) >= 11 is 0. The monoisotopic (exact) mass is 223 g/mol. The summed E-state index contributed by atoms with van der Waals surface area (Å²) in [4.78, 5) is 0. The first kappa shape index (κ1) is 11.0. The second kappa shape index (κ2) is 3.99. The second-order valence-electron chi connectivity index (χ2n) is 6.58. The van der Waals surface area contributed by atoms with Crippen molar-refractivity contribution in [2.45, 2.75) is 58.1 Å². The maximum Gasteiger partial charge on any atom is 0.0685 e. The van der Waals surface area contributed by atoms with Gasteiger partial charge in [0.05, 0.1) is 6.10 Å². The van der Waals surface area contributed by atoms with Gasteiger partial charge in [0.25, 0.3) is 0 Å². The molecule has 2 nitrogen and oxygen atoms in total. The molecule has 3 rings (SSSR count). The van der Waals surface area contributed by atoms with Crippen molar-refractivity contribution in [2.24, 2.45) is 17.3 Å². The molecule has 0 amide bonds. The molecule has 92 valence electrons. The zero-order valence-corrected chi connectivity index (χ0v) is 10.7. The third-order valence-corrected chi connectivity index (χ3v) is 5.24. The van der Waals surface area contributed by atoms with E-state index in [1.54, 1.807) is 0 Å². The van der Waals surface area contributed by atoms with Gasteiger partial charge in [-0.05, 0) is 25.3 Å². The standard InChI is InChI=1S/C14H25NO/c1-14(2)12(11-7-9-16-13(11)14)15-8-6-10-4-3-5-10/h10-13,15H,3-9H2,1-2H3. The third-order valence-electron chi connectivity index (χ3n) is 5.24. The molecule has 2 saturated carbocycles. The smallest absolute Gasteiger partial charge is 0.0685 e. The second-order valence-corrected chi connectivity index (χ2v) is 6.58. The maximum absolute atomic E-state index is 5.82. The SMILES string of the molecule is CC1(C)C(NCCC2CCC2)C2CCOC21. The van der Waals surface area contributed by atoms with Gasteiger partial charge < -0.3 is 10.1 Å². The molecule has 2 aliphatic carbocycles. The van der Waals surface area contributed by atoms with Gasteiger partial charge in [0.2, 0.25) is 0 Å². The molecule has 1 N–H and O–H groups in total. The molecule has 0 aromatic rings. The topological polar surface area (TPSA) is 21.3 Å². The first-order chi connectivity index (χ1) is 7.69. The Labute approximate surface area is 99.1 Å². The summed E-state index contributed by atoms with van der Waals surface area (Å²) in [6.45, 7) is 6.93. The van der Waals surface area contributed by atoms with Crippen LogP contribution in [0.25, 0.3) is 0 Å². The van der Waals surface area contributed by atoms with Gasteiger partial charge in [-0.25, -0.2) is 0 Å². The Kier molecular flexibility index (Phi) is 2.75. The van der Waals surface area contributed by atoms with Crippen LogP contribution in [0.1, 0.15) is 46.0 Å². The van der Waals surface area contributed by atoms with Crippen molar-refractivity contribution in [3.05, 3.63) is 0 Å². The van der Waals surface area contributed by atoms with Crippen LogP contribution in [-0.2, 0) is 4.74 Å². The van der Waals surface area contributed by atoms with Crippen LogP contribution in [0.3, 0.4) is 0 Å². The first-order valence-electron chi connectivity index (χ1n) is 7.04. The largest absolute Gasteiger partial charge is 0.377 e. The summed E-state index contributed by atoms with van der Waals surface area (Å²) in [6.07, 6.45) is 7.63. The van der Waals surface area contributed by atoms with E-state index in [-0.39, 0.29) is 0 Å². The van der Waals surface area contributed by atoms with E-state index < -0.39 is 0 Å². The molecule has 1 saturated heterocycles. The van der Waals surface area contributed by atoms with Gasteiger partial charge >= 0.3 is 0 Å². The molecule has 2 heteroatoms. The zero-order valence-electron chi connectivity index (χ0n) is 10.7. The molecule has 1 heterocycles. The molecule has 1 aliphatic heterocycles. The normalized spacial score (nSPS) is 41.2. The van der Waals surface area contributed by atoms with E-state index >= 15 is 0 Å². The van der Waals surface area contributed by atoms with Crippen molar-refractivity contribution in [2.75, 3.05) is 13.2 Å². The number of hydrogen-bond acceptors (Lipinski definition) is 2. The lowest BCUT2D eigenvalue weighted by Gasteiger charge is -2.55. The van der Waals surface area contributed by atoms with Crippen LogP contribution in [0, 0.1) is 17.3 Å². The van der Waals surface area contributed by atoms with Gasteiger partial charge in [0.1, 0.15) is 0 Å². The Morgan fingerprint density at radius 1 is 1.25 bits per heavy atom. The van der Waals surface area contributed by atoms with Crippen LogP contribution in [0.15, 0.2) is 0 Å². The number of hydrogen-bond donors (Lipinski definition) is 1. The van der Waals surface area contributed by atoms with E-state index in [1.807, 2.05) is 0 Å². The zero-order chi connectivity index (χ0) is 11.2. The summed E-state index contributed by atoms with van der Waals surface area (Å²) in [5.74, 6) is 1.84. The summed E-state index contributed by atoms with van der Waals surface area (Å²) in [6, 6.07) is 0.708. The fraction of sp³-hybridized carbons (Fsp3) is 1.00. The fourth-order valence-electron chi connectivity index (χ4n) is 3.96. The van der Waals surface area contributed by atoms with Gasteiger partial charge in [0, 0.05) is 24.0 Å². The minimum Gasteiger partial charge on any atom is -0.377 e. The van der Waals surface area contributed by atoms with Crippen LogP contribution >= 0.6 is 0 Å². The van der Waals surface area contributed by atoms with E-state index in [9.17, 15) is 0 Å². The molecule has 3 fully saturated rings. The lowest BCUT2D eigenvalue weighted by molar-refractivity contribution is -0.112. The predicted octanol–water partition coefficient (Wildman–Crippen LogP) is 2.58. The Morgan fingerprint density at radius 3 is 2.75 bits per heavy atom. The Hall–Kier alpha value is -0.0800. The summed E-state index contributed by atoms with van der Waals surface area (Å²) in [5, 5.41) is 3.80. The summed E-state index contributed by atoms with van der Waals surface area (Å²) in [7, 11) is 0. The lowest BCUT2D eigenvalue weighted by atomic mass is 9.57. The van der Waals surface area contributed by atoms with Crippen molar-refractivity contribution in [3.63, 3.8) is 0 Å². The van der Waals surface area contributed by atoms with Crippen molar-refractivity contribution in [1.29, 1.82) is 0 Å². The fourth-order valence-corrected chi connectivity index (χ4v) is 3.96. The van der Waals surface area contributed by atoms with Crippen molar-refractivity contribution in [1.82, 2.24) is 5.32 Å². The van der Waals surface area contributed by atoms with Gasteiger partial charge in [-0.1, -0.05) is 33.1 Å². The lowest BCUT2D eigenvalue weighted by Crippen LogP contribution is -2.65. The average Bonchev–Trinajstić information content (AvgIpc) is 2.60. The Bertz CT molecular complexity index is 259. The number of nitrogens with one attached hydrogen (secondary N) is 1. The van der Waals surface area contributed by atoms with Gasteiger partial charge in [-0.2, -0.15) is 0 Å². The molecule has 16 heavy (non-hydrogen) atoms. The minimum absolute atomic E-state index is 0.362. The van der Waals surface area contributed by atoms with E-state index in [4.69, 9.17) is 4.74 Å². The Morgan fingerprint density at radius 2 is 2.06 bits per heavy atom. The van der Waals surface area contributed by atoms with Gasteiger partial charge in [0.15, 0.2) is 0 Å². The molecule has 3 unspecified atom stereocenters. The molecule has 3 atom stereocenters. The van der Waals surface area contributed by atoms with Crippen molar-refractivity contribution >= 4 is 0 Å². The van der Waals surface area contributed by atoms with Crippen molar-refractivity contribution < 1.29 is 4.74 Å². The average molecular weight is 223 g/mol. The highest BCUT2D eigenvalue weighted by Crippen LogP contribution is 2.52. The quantitative estimate of drug-likeness (QED) is 0.791. The van der Waals surface area contributed by atoms with Gasteiger partial charge in [-0.15, -0.1) is 0 Å². The van der Waals surface area contributed by atoms with Crippen LogP contribution in [0.4, 0.5) is 0 Å². The van der Waals surface area contributed by atoms with Gasteiger partial charge in [-0.3, -0.25) is 0 Å². The van der Waals surface area contributed by atoms with Crippen molar-refractivity contribution in [3.8, 4) is 0 Å². The molecule has 0 aromatic carbocycles. The highest BCUT2D eigenvalue weighted by Gasteiger charge is 2.58.